The van der Waals surface area contributed by atoms with Crippen LogP contribution in [0.15, 0.2) is 0 Å². The van der Waals surface area contributed by atoms with Crippen molar-refractivity contribution in [3.8, 4) is 0 Å². The van der Waals surface area contributed by atoms with E-state index in [0.717, 1.165) is 0 Å². The minimum atomic E-state index is 0. The SMILES string of the molecule is [Cl-].[Cl-].[Cl-].[Cl-].[Cl-].[SiH4].[V+5]. The van der Waals surface area contributed by atoms with Gasteiger partial charge in [0.05, 0.1) is 0 Å². The van der Waals surface area contributed by atoms with Crippen LogP contribution in [0.4, 0.5) is 0 Å². The second-order valence-corrected chi connectivity index (χ2v) is 0. The smallest absolute Gasteiger partial charge is 1.00 e. The average molecular weight is 260 g/mol. The van der Waals surface area contributed by atoms with E-state index in [9.17, 15) is 0 Å². The molecule has 0 aromatic heterocycles. The summed E-state index contributed by atoms with van der Waals surface area (Å²) in [5.74, 6) is 0. The zero-order chi connectivity index (χ0) is 0. The molecule has 0 nitrogen and oxygen atoms in total. The zero-order valence-corrected chi connectivity index (χ0v) is 7.51. The van der Waals surface area contributed by atoms with Gasteiger partial charge >= 0.3 is 18.6 Å². The van der Waals surface area contributed by atoms with Crippen LogP contribution in [0.3, 0.4) is 0 Å². The molecule has 0 N–H and O–H groups in total. The standard InChI is InChI=1S/5ClH.H4Si.V/h5*1H;1H4;/q;;;;;;+5/p-5. The summed E-state index contributed by atoms with van der Waals surface area (Å²) in [4.78, 5) is 0. The number of hydrogen-bond acceptors (Lipinski definition) is 0. The first-order valence-electron chi connectivity index (χ1n) is 0. The van der Waals surface area contributed by atoms with Gasteiger partial charge in [0.1, 0.15) is 0 Å². The van der Waals surface area contributed by atoms with Crippen molar-refractivity contribution in [2.45, 2.75) is 0 Å². The molecule has 0 aliphatic carbocycles. The summed E-state index contributed by atoms with van der Waals surface area (Å²) in [6.45, 7) is 0. The molecular formula is H4Cl5SiV. The number of halogens is 5. The fourth-order valence-corrected chi connectivity index (χ4v) is 0. The Kier molecular flexibility index (Phi) is 1520. The predicted molar refractivity (Wildman–Crippen MR) is 11.3 cm³/mol. The van der Waals surface area contributed by atoms with Crippen molar-refractivity contribution < 1.29 is 80.6 Å². The van der Waals surface area contributed by atoms with Gasteiger partial charge in [0.15, 0.2) is 0 Å². The molecule has 0 atom stereocenters. The van der Waals surface area contributed by atoms with E-state index >= 15 is 0 Å². The van der Waals surface area contributed by atoms with Gasteiger partial charge in [0.2, 0.25) is 0 Å². The second-order valence-electron chi connectivity index (χ2n) is 0. The summed E-state index contributed by atoms with van der Waals surface area (Å²) in [6, 6.07) is 0. The molecule has 0 aromatic carbocycles. The molecule has 7 heavy (non-hydrogen) atoms. The Morgan fingerprint density at radius 3 is 0.429 bits per heavy atom. The van der Waals surface area contributed by atoms with E-state index in [-0.39, 0.29) is 91.6 Å². The maximum Gasteiger partial charge on any atom is 5.00 e. The molecule has 0 saturated carbocycles. The monoisotopic (exact) mass is 258 g/mol. The number of hydrogen-bond donors (Lipinski definition) is 0. The van der Waals surface area contributed by atoms with Gasteiger partial charge in [-0.05, 0) is 11.0 Å². The van der Waals surface area contributed by atoms with Crippen LogP contribution in [0.25, 0.3) is 0 Å². The summed E-state index contributed by atoms with van der Waals surface area (Å²) in [7, 11) is 0. The minimum absolute atomic E-state index is 0. The van der Waals surface area contributed by atoms with E-state index in [4.69, 9.17) is 0 Å². The molecule has 0 amide bonds. The van der Waals surface area contributed by atoms with Gasteiger partial charge in [-0.3, -0.25) is 0 Å². The second kappa shape index (κ2) is 85.6. The van der Waals surface area contributed by atoms with Crippen LogP contribution in [0.1, 0.15) is 0 Å². The van der Waals surface area contributed by atoms with Gasteiger partial charge in [-0.2, -0.15) is 0 Å². The Hall–Kier alpha value is 2.25. The maximum atomic E-state index is 0. The molecule has 0 saturated heterocycles. The van der Waals surface area contributed by atoms with Crippen LogP contribution in [0.5, 0.6) is 0 Å². The molecule has 7 heteroatoms. The van der Waals surface area contributed by atoms with Crippen LogP contribution in [-0.2, 0) is 18.6 Å². The molecule has 0 bridgehead atoms. The summed E-state index contributed by atoms with van der Waals surface area (Å²) in [6.07, 6.45) is 0. The molecule has 0 unspecified atom stereocenters. The molecule has 0 aromatic rings. The van der Waals surface area contributed by atoms with Crippen molar-refractivity contribution in [2.24, 2.45) is 0 Å². The van der Waals surface area contributed by atoms with Gasteiger partial charge in [-0.25, -0.2) is 0 Å². The van der Waals surface area contributed by atoms with Crippen LogP contribution >= 0.6 is 0 Å². The minimum Gasteiger partial charge on any atom is -1.00 e. The van der Waals surface area contributed by atoms with E-state index < -0.39 is 0 Å². The first-order valence-corrected chi connectivity index (χ1v) is 0. The van der Waals surface area contributed by atoms with E-state index in [1.165, 1.54) is 0 Å². The van der Waals surface area contributed by atoms with E-state index in [0.29, 0.717) is 0 Å². The summed E-state index contributed by atoms with van der Waals surface area (Å²) in [5.41, 5.74) is 0. The third-order valence-corrected chi connectivity index (χ3v) is 0. The molecule has 0 rings (SSSR count). The number of rotatable bonds is 0. The van der Waals surface area contributed by atoms with Crippen molar-refractivity contribution in [1.82, 2.24) is 0 Å². The van der Waals surface area contributed by atoms with Crippen molar-refractivity contribution in [2.75, 3.05) is 0 Å². The van der Waals surface area contributed by atoms with Crippen molar-refractivity contribution >= 4 is 11.0 Å². The molecule has 0 aliphatic heterocycles. The first kappa shape index (κ1) is 124. The average Bonchev–Trinajstić information content (AvgIpc) is 0. The molecular weight excluding hydrogens is 256 g/mol. The Morgan fingerprint density at radius 2 is 0.429 bits per heavy atom. The summed E-state index contributed by atoms with van der Waals surface area (Å²) in [5, 5.41) is 0. The molecule has 0 aliphatic rings. The van der Waals surface area contributed by atoms with Crippen LogP contribution in [-0.4, -0.2) is 11.0 Å². The van der Waals surface area contributed by atoms with Gasteiger partial charge in [-0.15, -0.1) is 0 Å². The fourth-order valence-electron chi connectivity index (χ4n) is 0. The quantitative estimate of drug-likeness (QED) is 0.380. The normalized spacial score (nSPS) is 0. The van der Waals surface area contributed by atoms with Gasteiger partial charge in [0, 0.05) is 0 Å². The van der Waals surface area contributed by atoms with Crippen molar-refractivity contribution in [1.29, 1.82) is 0 Å². The van der Waals surface area contributed by atoms with Crippen LogP contribution in [0.2, 0.25) is 0 Å². The van der Waals surface area contributed by atoms with E-state index in [1.807, 2.05) is 0 Å². The molecule has 0 fully saturated rings. The first-order chi connectivity index (χ1) is 0. The third kappa shape index (κ3) is 63.6. The van der Waals surface area contributed by atoms with Crippen molar-refractivity contribution in [3.63, 3.8) is 0 Å². The van der Waals surface area contributed by atoms with E-state index in [1.54, 1.807) is 0 Å². The molecule has 0 spiro atoms. The summed E-state index contributed by atoms with van der Waals surface area (Å²) >= 11 is 0. The Morgan fingerprint density at radius 1 is 0.429 bits per heavy atom. The maximum absolute atomic E-state index is 0. The largest absolute Gasteiger partial charge is 5.00 e. The Bertz CT molecular complexity index is 8.04. The molecule has 0 heterocycles. The van der Waals surface area contributed by atoms with Gasteiger partial charge in [0.25, 0.3) is 0 Å². The Balaban J connectivity index is 0. The predicted octanol–water partition coefficient (Wildman–Crippen LogP) is -16.4. The van der Waals surface area contributed by atoms with Crippen molar-refractivity contribution in [3.05, 3.63) is 0 Å². The third-order valence-electron chi connectivity index (χ3n) is 0. The van der Waals surface area contributed by atoms with Gasteiger partial charge in [-0.1, -0.05) is 0 Å². The fraction of sp³-hybridized carbons (Fsp3) is 0. The summed E-state index contributed by atoms with van der Waals surface area (Å²) < 4.78 is 0. The molecule has 48 valence electrons. The topological polar surface area (TPSA) is 0 Å². The zero-order valence-electron chi connectivity index (χ0n) is 2.34. The van der Waals surface area contributed by atoms with Crippen LogP contribution in [0, 0.1) is 0 Å². The van der Waals surface area contributed by atoms with E-state index in [2.05, 4.69) is 0 Å². The molecule has 0 radical (unpaired) electrons. The van der Waals surface area contributed by atoms with Crippen LogP contribution < -0.4 is 62.0 Å². The van der Waals surface area contributed by atoms with Gasteiger partial charge < -0.3 is 62.0 Å². The Labute approximate surface area is 90.9 Å².